The Balaban J connectivity index is 1.74. The van der Waals surface area contributed by atoms with Crippen molar-refractivity contribution >= 4 is 5.97 Å². The van der Waals surface area contributed by atoms with Crippen LogP contribution in [-0.4, -0.2) is 38.9 Å². The number of carbonyl (C=O) groups excluding carboxylic acids is 1. The van der Waals surface area contributed by atoms with Gasteiger partial charge in [0.05, 0.1) is 7.11 Å². The first-order chi connectivity index (χ1) is 7.29. The zero-order valence-corrected chi connectivity index (χ0v) is 9.20. The molecule has 3 atom stereocenters. The second-order valence-electron chi connectivity index (χ2n) is 4.55. The van der Waals surface area contributed by atoms with Crippen molar-refractivity contribution in [1.82, 2.24) is 5.32 Å². The van der Waals surface area contributed by atoms with E-state index in [1.54, 1.807) is 0 Å². The largest absolute Gasteiger partial charge is 0.468 e. The van der Waals surface area contributed by atoms with Crippen LogP contribution in [0.4, 0.5) is 0 Å². The molecule has 2 saturated heterocycles. The molecule has 0 aromatic rings. The highest BCUT2D eigenvalue weighted by Gasteiger charge is 2.32. The molecule has 2 aliphatic rings. The lowest BCUT2D eigenvalue weighted by atomic mass is 9.92. The van der Waals surface area contributed by atoms with Gasteiger partial charge in [0.2, 0.25) is 0 Å². The van der Waals surface area contributed by atoms with Crippen LogP contribution in [0.15, 0.2) is 0 Å². The van der Waals surface area contributed by atoms with E-state index in [1.807, 2.05) is 0 Å². The van der Waals surface area contributed by atoms with Crippen molar-refractivity contribution in [2.75, 3.05) is 26.9 Å². The Morgan fingerprint density at radius 1 is 1.53 bits per heavy atom. The maximum Gasteiger partial charge on any atom is 0.322 e. The molecule has 0 saturated carbocycles. The van der Waals surface area contributed by atoms with Gasteiger partial charge in [0.25, 0.3) is 0 Å². The van der Waals surface area contributed by atoms with Gasteiger partial charge >= 0.3 is 5.97 Å². The van der Waals surface area contributed by atoms with E-state index >= 15 is 0 Å². The van der Waals surface area contributed by atoms with E-state index in [0.29, 0.717) is 11.8 Å². The topological polar surface area (TPSA) is 47.6 Å². The molecule has 86 valence electrons. The average molecular weight is 213 g/mol. The molecule has 0 aromatic carbocycles. The molecule has 3 unspecified atom stereocenters. The van der Waals surface area contributed by atoms with Crippen LogP contribution in [0.2, 0.25) is 0 Å². The minimum atomic E-state index is -0.125. The van der Waals surface area contributed by atoms with Crippen LogP contribution in [0.25, 0.3) is 0 Å². The van der Waals surface area contributed by atoms with E-state index in [0.717, 1.165) is 26.2 Å². The summed E-state index contributed by atoms with van der Waals surface area (Å²) in [5, 5.41) is 3.22. The Morgan fingerprint density at radius 3 is 3.07 bits per heavy atom. The Hall–Kier alpha value is -0.610. The SMILES string of the molecule is COC(=O)C1CC(CC2CCOC2)CN1. The molecule has 0 aliphatic carbocycles. The molecular weight excluding hydrogens is 194 g/mol. The van der Waals surface area contributed by atoms with Crippen LogP contribution in [0.3, 0.4) is 0 Å². The number of hydrogen-bond acceptors (Lipinski definition) is 4. The summed E-state index contributed by atoms with van der Waals surface area (Å²) in [6.45, 7) is 2.75. The number of carbonyl (C=O) groups is 1. The summed E-state index contributed by atoms with van der Waals surface area (Å²) in [7, 11) is 1.45. The molecular formula is C11H19NO3. The van der Waals surface area contributed by atoms with Gasteiger partial charge in [-0.2, -0.15) is 0 Å². The zero-order valence-electron chi connectivity index (χ0n) is 9.20. The van der Waals surface area contributed by atoms with Gasteiger partial charge in [0.1, 0.15) is 6.04 Å². The van der Waals surface area contributed by atoms with Crippen molar-refractivity contribution in [2.45, 2.75) is 25.3 Å². The molecule has 2 heterocycles. The summed E-state index contributed by atoms with van der Waals surface area (Å²) in [6, 6.07) is -0.0812. The Labute approximate surface area is 90.3 Å². The van der Waals surface area contributed by atoms with Crippen molar-refractivity contribution in [3.8, 4) is 0 Å². The van der Waals surface area contributed by atoms with Crippen molar-refractivity contribution in [2.24, 2.45) is 11.8 Å². The molecule has 1 N–H and O–H groups in total. The molecule has 2 rings (SSSR count). The van der Waals surface area contributed by atoms with Gasteiger partial charge in [-0.25, -0.2) is 0 Å². The van der Waals surface area contributed by atoms with Gasteiger partial charge in [-0.15, -0.1) is 0 Å². The lowest BCUT2D eigenvalue weighted by Crippen LogP contribution is -2.31. The van der Waals surface area contributed by atoms with Gasteiger partial charge in [0, 0.05) is 13.2 Å². The quantitative estimate of drug-likeness (QED) is 0.696. The molecule has 2 fully saturated rings. The van der Waals surface area contributed by atoms with E-state index in [-0.39, 0.29) is 12.0 Å². The van der Waals surface area contributed by atoms with Gasteiger partial charge in [-0.1, -0.05) is 0 Å². The molecule has 4 heteroatoms. The van der Waals surface area contributed by atoms with Crippen LogP contribution in [0.1, 0.15) is 19.3 Å². The maximum absolute atomic E-state index is 11.3. The van der Waals surface area contributed by atoms with Crippen molar-refractivity contribution < 1.29 is 14.3 Å². The average Bonchev–Trinajstić information content (AvgIpc) is 2.88. The van der Waals surface area contributed by atoms with Gasteiger partial charge < -0.3 is 14.8 Å². The third-order valence-corrected chi connectivity index (χ3v) is 3.40. The molecule has 0 spiro atoms. The summed E-state index contributed by atoms with van der Waals surface area (Å²) in [4.78, 5) is 11.3. The normalized spacial score (nSPS) is 35.7. The van der Waals surface area contributed by atoms with E-state index < -0.39 is 0 Å². The standard InChI is InChI=1S/C11H19NO3/c1-14-11(13)10-5-9(6-12-10)4-8-2-3-15-7-8/h8-10,12H,2-7H2,1H3. The smallest absolute Gasteiger partial charge is 0.322 e. The molecule has 4 nitrogen and oxygen atoms in total. The third kappa shape index (κ3) is 2.69. The highest BCUT2D eigenvalue weighted by molar-refractivity contribution is 5.75. The summed E-state index contributed by atoms with van der Waals surface area (Å²) < 4.78 is 10.1. The Kier molecular flexibility index (Phi) is 3.59. The number of hydrogen-bond donors (Lipinski definition) is 1. The minimum absolute atomic E-state index is 0.0812. The van der Waals surface area contributed by atoms with Crippen molar-refractivity contribution in [3.63, 3.8) is 0 Å². The monoisotopic (exact) mass is 213 g/mol. The van der Waals surface area contributed by atoms with Crippen molar-refractivity contribution in [3.05, 3.63) is 0 Å². The van der Waals surface area contributed by atoms with Crippen LogP contribution in [-0.2, 0) is 14.3 Å². The molecule has 0 aromatic heterocycles. The first-order valence-electron chi connectivity index (χ1n) is 5.68. The van der Waals surface area contributed by atoms with E-state index in [1.165, 1.54) is 20.0 Å². The summed E-state index contributed by atoms with van der Waals surface area (Å²) in [5.74, 6) is 1.19. The molecule has 0 amide bonds. The molecule has 0 radical (unpaired) electrons. The summed E-state index contributed by atoms with van der Waals surface area (Å²) in [5.41, 5.74) is 0. The number of nitrogens with one attached hydrogen (secondary N) is 1. The number of ether oxygens (including phenoxy) is 2. The van der Waals surface area contributed by atoms with Crippen molar-refractivity contribution in [1.29, 1.82) is 0 Å². The van der Waals surface area contributed by atoms with Crippen LogP contribution < -0.4 is 5.32 Å². The summed E-state index contributed by atoms with van der Waals surface area (Å²) >= 11 is 0. The fourth-order valence-electron chi connectivity index (χ4n) is 2.55. The van der Waals surface area contributed by atoms with E-state index in [9.17, 15) is 4.79 Å². The number of methoxy groups -OCH3 is 1. The first-order valence-corrected chi connectivity index (χ1v) is 5.68. The van der Waals surface area contributed by atoms with Gasteiger partial charge in [0.15, 0.2) is 0 Å². The van der Waals surface area contributed by atoms with E-state index in [2.05, 4.69) is 5.32 Å². The molecule has 15 heavy (non-hydrogen) atoms. The molecule has 0 bridgehead atoms. The van der Waals surface area contributed by atoms with Crippen LogP contribution in [0.5, 0.6) is 0 Å². The minimum Gasteiger partial charge on any atom is -0.468 e. The fourth-order valence-corrected chi connectivity index (χ4v) is 2.55. The number of rotatable bonds is 3. The highest BCUT2D eigenvalue weighted by Crippen LogP contribution is 2.26. The number of esters is 1. The van der Waals surface area contributed by atoms with Gasteiger partial charge in [-0.3, -0.25) is 4.79 Å². The maximum atomic E-state index is 11.3. The first kappa shape index (κ1) is 10.9. The van der Waals surface area contributed by atoms with Crippen LogP contribution in [0, 0.1) is 11.8 Å². The predicted molar refractivity (Wildman–Crippen MR) is 55.5 cm³/mol. The third-order valence-electron chi connectivity index (χ3n) is 3.40. The Bertz CT molecular complexity index is 226. The lowest BCUT2D eigenvalue weighted by molar-refractivity contribution is -0.142. The van der Waals surface area contributed by atoms with E-state index in [4.69, 9.17) is 9.47 Å². The molecule has 2 aliphatic heterocycles. The Morgan fingerprint density at radius 2 is 2.40 bits per heavy atom. The highest BCUT2D eigenvalue weighted by atomic mass is 16.5. The second kappa shape index (κ2) is 4.94. The van der Waals surface area contributed by atoms with Gasteiger partial charge in [-0.05, 0) is 37.6 Å². The zero-order chi connectivity index (χ0) is 10.7. The summed E-state index contributed by atoms with van der Waals surface area (Å²) in [6.07, 6.45) is 3.28. The van der Waals surface area contributed by atoms with Crippen LogP contribution >= 0.6 is 0 Å². The fraction of sp³-hybridized carbons (Fsp3) is 0.909. The second-order valence-corrected chi connectivity index (χ2v) is 4.55. The lowest BCUT2D eigenvalue weighted by Gasteiger charge is -2.12. The predicted octanol–water partition coefficient (Wildman–Crippen LogP) is 0.564.